The van der Waals surface area contributed by atoms with Crippen LogP contribution in [0.4, 0.5) is 0 Å². The number of hydrogen-bond acceptors (Lipinski definition) is 3. The Bertz CT molecular complexity index is 130. The van der Waals surface area contributed by atoms with Crippen LogP contribution in [0, 0.1) is 5.92 Å². The summed E-state index contributed by atoms with van der Waals surface area (Å²) in [5.74, 6) is -0.0180. The number of carbonyl (C=O) groups is 1. The van der Waals surface area contributed by atoms with Crippen LogP contribution in [0.25, 0.3) is 0 Å². The minimum absolute atomic E-state index is 0.0180. The van der Waals surface area contributed by atoms with Crippen LogP contribution in [0.5, 0.6) is 0 Å². The molecule has 1 rings (SSSR count). The van der Waals surface area contributed by atoms with Gasteiger partial charge in [0.1, 0.15) is 6.29 Å². The molecule has 0 bridgehead atoms. The molecule has 1 aliphatic heterocycles. The molecular formula is C9H16O3. The molecule has 1 aliphatic rings. The summed E-state index contributed by atoms with van der Waals surface area (Å²) in [6.07, 6.45) is 4.10. The summed E-state index contributed by atoms with van der Waals surface area (Å²) in [5, 5.41) is 0. The van der Waals surface area contributed by atoms with Crippen molar-refractivity contribution >= 4 is 6.29 Å². The molecule has 0 N–H and O–H groups in total. The fraction of sp³-hybridized carbons (Fsp3) is 0.889. The van der Waals surface area contributed by atoms with Crippen LogP contribution in [0.2, 0.25) is 0 Å². The lowest BCUT2D eigenvalue weighted by Crippen LogP contribution is -2.24. The van der Waals surface area contributed by atoms with Gasteiger partial charge in [-0.05, 0) is 19.3 Å². The quantitative estimate of drug-likeness (QED) is 0.601. The Labute approximate surface area is 73.0 Å². The van der Waals surface area contributed by atoms with Crippen LogP contribution in [-0.2, 0) is 14.3 Å². The summed E-state index contributed by atoms with van der Waals surface area (Å²) in [7, 11) is 0. The number of hydrogen-bond donors (Lipinski definition) is 0. The third-order valence-electron chi connectivity index (χ3n) is 1.92. The SMILES string of the molecule is C[C@@H](C=O)COC1CCCCO1. The van der Waals surface area contributed by atoms with Gasteiger partial charge in [0, 0.05) is 12.5 Å². The van der Waals surface area contributed by atoms with E-state index in [-0.39, 0.29) is 12.2 Å². The van der Waals surface area contributed by atoms with Crippen molar-refractivity contribution in [1.29, 1.82) is 0 Å². The average molecular weight is 172 g/mol. The van der Waals surface area contributed by atoms with Crippen LogP contribution < -0.4 is 0 Å². The zero-order valence-electron chi connectivity index (χ0n) is 7.49. The smallest absolute Gasteiger partial charge is 0.157 e. The molecule has 1 unspecified atom stereocenters. The summed E-state index contributed by atoms with van der Waals surface area (Å²) in [6.45, 7) is 3.12. The number of rotatable bonds is 4. The second kappa shape index (κ2) is 5.27. The van der Waals surface area contributed by atoms with E-state index in [1.165, 1.54) is 6.42 Å². The number of carbonyl (C=O) groups excluding carboxylic acids is 1. The van der Waals surface area contributed by atoms with Crippen LogP contribution in [0.15, 0.2) is 0 Å². The van der Waals surface area contributed by atoms with Crippen LogP contribution in [0.3, 0.4) is 0 Å². The highest BCUT2D eigenvalue weighted by Crippen LogP contribution is 2.14. The van der Waals surface area contributed by atoms with Crippen LogP contribution >= 0.6 is 0 Å². The van der Waals surface area contributed by atoms with Gasteiger partial charge in [-0.2, -0.15) is 0 Å². The van der Waals surface area contributed by atoms with E-state index in [1.807, 2.05) is 6.92 Å². The molecule has 0 aromatic carbocycles. The van der Waals surface area contributed by atoms with E-state index in [4.69, 9.17) is 9.47 Å². The summed E-state index contributed by atoms with van der Waals surface area (Å²) >= 11 is 0. The van der Waals surface area contributed by atoms with E-state index in [9.17, 15) is 4.79 Å². The second-order valence-corrected chi connectivity index (χ2v) is 3.24. The van der Waals surface area contributed by atoms with Gasteiger partial charge in [-0.25, -0.2) is 0 Å². The van der Waals surface area contributed by atoms with Crippen molar-refractivity contribution in [3.05, 3.63) is 0 Å². The van der Waals surface area contributed by atoms with E-state index < -0.39 is 0 Å². The molecule has 1 fully saturated rings. The average Bonchev–Trinajstić information content (AvgIpc) is 2.16. The van der Waals surface area contributed by atoms with Crippen molar-refractivity contribution in [1.82, 2.24) is 0 Å². The van der Waals surface area contributed by atoms with Crippen molar-refractivity contribution in [2.45, 2.75) is 32.5 Å². The van der Waals surface area contributed by atoms with Crippen molar-refractivity contribution in [2.24, 2.45) is 5.92 Å². The van der Waals surface area contributed by atoms with Crippen molar-refractivity contribution in [2.75, 3.05) is 13.2 Å². The Kier molecular flexibility index (Phi) is 4.25. The fourth-order valence-corrected chi connectivity index (χ4v) is 1.14. The van der Waals surface area contributed by atoms with Crippen molar-refractivity contribution in [3.8, 4) is 0 Å². The van der Waals surface area contributed by atoms with Gasteiger partial charge in [-0.15, -0.1) is 0 Å². The van der Waals surface area contributed by atoms with Gasteiger partial charge in [-0.1, -0.05) is 6.92 Å². The third kappa shape index (κ3) is 3.32. The molecule has 2 atom stereocenters. The van der Waals surface area contributed by atoms with Gasteiger partial charge in [0.2, 0.25) is 0 Å². The van der Waals surface area contributed by atoms with E-state index in [1.54, 1.807) is 0 Å². The van der Waals surface area contributed by atoms with E-state index >= 15 is 0 Å². The highest BCUT2D eigenvalue weighted by molar-refractivity contribution is 5.52. The first-order valence-corrected chi connectivity index (χ1v) is 4.51. The van der Waals surface area contributed by atoms with Gasteiger partial charge in [0.25, 0.3) is 0 Å². The minimum Gasteiger partial charge on any atom is -0.353 e. The highest BCUT2D eigenvalue weighted by Gasteiger charge is 2.14. The van der Waals surface area contributed by atoms with Gasteiger partial charge in [0.15, 0.2) is 6.29 Å². The fourth-order valence-electron chi connectivity index (χ4n) is 1.14. The Morgan fingerprint density at radius 1 is 1.67 bits per heavy atom. The van der Waals surface area contributed by atoms with Gasteiger partial charge in [0.05, 0.1) is 6.61 Å². The maximum absolute atomic E-state index is 10.3. The van der Waals surface area contributed by atoms with Crippen LogP contribution in [0.1, 0.15) is 26.2 Å². The Morgan fingerprint density at radius 2 is 2.50 bits per heavy atom. The lowest BCUT2D eigenvalue weighted by Gasteiger charge is -2.23. The topological polar surface area (TPSA) is 35.5 Å². The summed E-state index contributed by atoms with van der Waals surface area (Å²) in [6, 6.07) is 0. The van der Waals surface area contributed by atoms with Gasteiger partial charge >= 0.3 is 0 Å². The monoisotopic (exact) mass is 172 g/mol. The minimum atomic E-state index is -0.0684. The molecule has 3 heteroatoms. The molecule has 12 heavy (non-hydrogen) atoms. The predicted molar refractivity (Wildman–Crippen MR) is 44.8 cm³/mol. The normalized spacial score (nSPS) is 26.6. The highest BCUT2D eigenvalue weighted by atomic mass is 16.7. The zero-order valence-corrected chi connectivity index (χ0v) is 7.49. The van der Waals surface area contributed by atoms with E-state index in [0.717, 1.165) is 25.7 Å². The molecule has 0 aromatic heterocycles. The van der Waals surface area contributed by atoms with E-state index in [2.05, 4.69) is 0 Å². The molecule has 3 nitrogen and oxygen atoms in total. The van der Waals surface area contributed by atoms with Crippen molar-refractivity contribution < 1.29 is 14.3 Å². The molecule has 0 aliphatic carbocycles. The molecular weight excluding hydrogens is 156 g/mol. The molecule has 1 saturated heterocycles. The summed E-state index contributed by atoms with van der Waals surface area (Å²) < 4.78 is 10.7. The lowest BCUT2D eigenvalue weighted by atomic mass is 10.2. The molecule has 0 radical (unpaired) electrons. The van der Waals surface area contributed by atoms with Crippen LogP contribution in [-0.4, -0.2) is 25.8 Å². The Balaban J connectivity index is 2.08. The first-order valence-electron chi connectivity index (χ1n) is 4.51. The summed E-state index contributed by atoms with van der Waals surface area (Å²) in [4.78, 5) is 10.3. The molecule has 70 valence electrons. The maximum atomic E-state index is 10.3. The second-order valence-electron chi connectivity index (χ2n) is 3.24. The first kappa shape index (κ1) is 9.68. The Morgan fingerprint density at radius 3 is 3.08 bits per heavy atom. The van der Waals surface area contributed by atoms with E-state index in [0.29, 0.717) is 6.61 Å². The zero-order chi connectivity index (χ0) is 8.81. The molecule has 0 amide bonds. The summed E-state index contributed by atoms with van der Waals surface area (Å²) in [5.41, 5.74) is 0. The largest absolute Gasteiger partial charge is 0.353 e. The van der Waals surface area contributed by atoms with Gasteiger partial charge in [-0.3, -0.25) is 0 Å². The molecule has 0 aromatic rings. The standard InChI is InChI=1S/C9H16O3/c1-8(6-10)7-12-9-4-2-3-5-11-9/h6,8-9H,2-5,7H2,1H3/t8-,9?/m0/s1. The molecule has 0 spiro atoms. The first-order chi connectivity index (χ1) is 5.83. The van der Waals surface area contributed by atoms with Crippen molar-refractivity contribution in [3.63, 3.8) is 0 Å². The lowest BCUT2D eigenvalue weighted by molar-refractivity contribution is -0.168. The van der Waals surface area contributed by atoms with Gasteiger partial charge < -0.3 is 14.3 Å². The Hall–Kier alpha value is -0.410. The molecule has 1 heterocycles. The molecule has 0 saturated carbocycles. The number of ether oxygens (including phenoxy) is 2. The maximum Gasteiger partial charge on any atom is 0.157 e. The third-order valence-corrected chi connectivity index (χ3v) is 1.92. The predicted octanol–water partition coefficient (Wildman–Crippen LogP) is 1.36. The number of aldehydes is 1.